The van der Waals surface area contributed by atoms with Crippen molar-refractivity contribution >= 4 is 12.2 Å². The average Bonchev–Trinajstić information content (AvgIpc) is 2.56. The van der Waals surface area contributed by atoms with Crippen molar-refractivity contribution < 1.29 is 10.2 Å². The highest BCUT2D eigenvalue weighted by Crippen LogP contribution is 2.04. The number of aliphatic hydroxyl groups is 2. The zero-order chi connectivity index (χ0) is 16.0. The summed E-state index contributed by atoms with van der Waals surface area (Å²) in [5, 5.41) is 17.2. The van der Waals surface area contributed by atoms with Gasteiger partial charge in [0.1, 0.15) is 0 Å². The van der Waals surface area contributed by atoms with Crippen LogP contribution >= 0.6 is 0 Å². The lowest BCUT2D eigenvalue weighted by molar-refractivity contribution is -0.0460. The third-order valence-electron chi connectivity index (χ3n) is 2.98. The first-order chi connectivity index (χ1) is 10.7. The van der Waals surface area contributed by atoms with E-state index < -0.39 is 6.29 Å². The van der Waals surface area contributed by atoms with Crippen LogP contribution in [0.15, 0.2) is 73.3 Å². The van der Waals surface area contributed by atoms with Gasteiger partial charge in [-0.3, -0.25) is 0 Å². The zero-order valence-corrected chi connectivity index (χ0v) is 12.8. The first-order valence-corrected chi connectivity index (χ1v) is 7.47. The molecule has 0 unspecified atom stereocenters. The molecule has 0 saturated carbocycles. The van der Waals surface area contributed by atoms with Gasteiger partial charge in [-0.2, -0.15) is 0 Å². The van der Waals surface area contributed by atoms with Gasteiger partial charge in [0.05, 0.1) is 0 Å². The predicted octanol–water partition coefficient (Wildman–Crippen LogP) is 4.51. The molecule has 0 aliphatic heterocycles. The van der Waals surface area contributed by atoms with Gasteiger partial charge in [-0.05, 0) is 30.4 Å². The number of aliphatic hydroxyl groups excluding tert-OH is 1. The van der Waals surface area contributed by atoms with Crippen molar-refractivity contribution in [2.24, 2.45) is 0 Å². The normalized spacial score (nSPS) is 10.3. The molecule has 0 spiro atoms. The number of benzene rings is 2. The summed E-state index contributed by atoms with van der Waals surface area (Å²) >= 11 is 0. The molecule has 0 aliphatic rings. The van der Waals surface area contributed by atoms with Crippen LogP contribution in [0.5, 0.6) is 0 Å². The molecule has 0 atom stereocenters. The quantitative estimate of drug-likeness (QED) is 0.608. The summed E-state index contributed by atoms with van der Waals surface area (Å²) in [6.45, 7) is 3.63. The molecule has 0 amide bonds. The third kappa shape index (κ3) is 8.90. The Morgan fingerprint density at radius 1 is 0.864 bits per heavy atom. The van der Waals surface area contributed by atoms with Crippen molar-refractivity contribution in [2.75, 3.05) is 0 Å². The summed E-state index contributed by atoms with van der Waals surface area (Å²) < 4.78 is 0. The molecule has 2 nitrogen and oxygen atoms in total. The molecule has 0 heterocycles. The van der Waals surface area contributed by atoms with Crippen molar-refractivity contribution in [1.29, 1.82) is 0 Å². The fourth-order valence-corrected chi connectivity index (χ4v) is 1.79. The SMILES string of the molecule is C=Cc1ccccc1.OC(O)CCCC=Cc1ccccc1. The standard InChI is InChI=1S/C12H16O2.C8H8/c13-12(14)10-6-2-5-9-11-7-3-1-4-8-11;1-2-8-6-4-3-5-7-8/h1,3-5,7-9,12-14H,2,6,10H2;2-7H,1H2. The summed E-state index contributed by atoms with van der Waals surface area (Å²) in [5.41, 5.74) is 2.35. The molecule has 2 heteroatoms. The summed E-state index contributed by atoms with van der Waals surface area (Å²) in [7, 11) is 0. The lowest BCUT2D eigenvalue weighted by Crippen LogP contribution is -2.02. The van der Waals surface area contributed by atoms with E-state index in [0.29, 0.717) is 6.42 Å². The molecule has 0 aromatic heterocycles. The summed E-state index contributed by atoms with van der Waals surface area (Å²) in [6, 6.07) is 20.1. The zero-order valence-electron chi connectivity index (χ0n) is 12.8. The van der Waals surface area contributed by atoms with Gasteiger partial charge in [-0.25, -0.2) is 0 Å². The van der Waals surface area contributed by atoms with Gasteiger partial charge in [-0.15, -0.1) is 0 Å². The molecule has 0 fully saturated rings. The van der Waals surface area contributed by atoms with E-state index in [0.717, 1.165) is 12.8 Å². The smallest absolute Gasteiger partial charge is 0.151 e. The lowest BCUT2D eigenvalue weighted by atomic mass is 10.1. The van der Waals surface area contributed by atoms with Crippen molar-refractivity contribution in [3.63, 3.8) is 0 Å². The first kappa shape index (κ1) is 17.9. The van der Waals surface area contributed by atoms with E-state index in [-0.39, 0.29) is 0 Å². The topological polar surface area (TPSA) is 40.5 Å². The fraction of sp³-hybridized carbons (Fsp3) is 0.200. The molecule has 2 rings (SSSR count). The Labute approximate surface area is 133 Å². The van der Waals surface area contributed by atoms with Crippen LogP contribution in [-0.4, -0.2) is 16.5 Å². The maximum Gasteiger partial charge on any atom is 0.151 e. The molecule has 2 N–H and O–H groups in total. The molecule has 0 saturated heterocycles. The van der Waals surface area contributed by atoms with E-state index in [4.69, 9.17) is 10.2 Å². The number of rotatable bonds is 6. The Balaban J connectivity index is 0.000000255. The van der Waals surface area contributed by atoms with Gasteiger partial charge in [0.2, 0.25) is 0 Å². The average molecular weight is 296 g/mol. The van der Waals surface area contributed by atoms with E-state index in [9.17, 15) is 0 Å². The van der Waals surface area contributed by atoms with Crippen LogP contribution < -0.4 is 0 Å². The highest BCUT2D eigenvalue weighted by molar-refractivity contribution is 5.48. The second-order valence-corrected chi connectivity index (χ2v) is 4.84. The van der Waals surface area contributed by atoms with Crippen molar-refractivity contribution in [3.8, 4) is 0 Å². The predicted molar refractivity (Wildman–Crippen MR) is 94.1 cm³/mol. The Bertz CT molecular complexity index is 530. The molecule has 22 heavy (non-hydrogen) atoms. The van der Waals surface area contributed by atoms with Gasteiger partial charge >= 0.3 is 0 Å². The molecule has 2 aromatic rings. The molecule has 2 aromatic carbocycles. The molecule has 0 radical (unpaired) electrons. The van der Waals surface area contributed by atoms with Crippen LogP contribution in [0, 0.1) is 0 Å². The van der Waals surface area contributed by atoms with Crippen molar-refractivity contribution in [3.05, 3.63) is 84.4 Å². The summed E-state index contributed by atoms with van der Waals surface area (Å²) in [6.07, 6.45) is 6.90. The van der Waals surface area contributed by atoms with E-state index in [2.05, 4.69) is 12.7 Å². The highest BCUT2D eigenvalue weighted by atomic mass is 16.5. The van der Waals surface area contributed by atoms with E-state index >= 15 is 0 Å². The number of hydrogen-bond donors (Lipinski definition) is 2. The largest absolute Gasteiger partial charge is 0.368 e. The second-order valence-electron chi connectivity index (χ2n) is 4.84. The van der Waals surface area contributed by atoms with Crippen LogP contribution in [-0.2, 0) is 0 Å². The Morgan fingerprint density at radius 2 is 1.41 bits per heavy atom. The van der Waals surface area contributed by atoms with Crippen LogP contribution in [0.2, 0.25) is 0 Å². The number of hydrogen-bond acceptors (Lipinski definition) is 2. The van der Waals surface area contributed by atoms with Gasteiger partial charge in [0.25, 0.3) is 0 Å². The van der Waals surface area contributed by atoms with Crippen LogP contribution in [0.1, 0.15) is 30.4 Å². The minimum absolute atomic E-state index is 0.444. The Hall–Kier alpha value is -2.16. The minimum Gasteiger partial charge on any atom is -0.368 e. The van der Waals surface area contributed by atoms with Crippen molar-refractivity contribution in [1.82, 2.24) is 0 Å². The fourth-order valence-electron chi connectivity index (χ4n) is 1.79. The monoisotopic (exact) mass is 296 g/mol. The van der Waals surface area contributed by atoms with E-state index in [1.165, 1.54) is 11.1 Å². The maximum absolute atomic E-state index is 8.60. The van der Waals surface area contributed by atoms with Gasteiger partial charge in [0, 0.05) is 0 Å². The van der Waals surface area contributed by atoms with E-state index in [1.54, 1.807) is 0 Å². The van der Waals surface area contributed by atoms with E-state index in [1.807, 2.05) is 72.8 Å². The summed E-state index contributed by atoms with van der Waals surface area (Å²) in [4.78, 5) is 0. The Kier molecular flexibility index (Phi) is 9.35. The molecular weight excluding hydrogens is 272 g/mol. The Morgan fingerprint density at radius 3 is 1.86 bits per heavy atom. The molecule has 116 valence electrons. The van der Waals surface area contributed by atoms with Crippen LogP contribution in [0.25, 0.3) is 12.2 Å². The second kappa shape index (κ2) is 11.5. The highest BCUT2D eigenvalue weighted by Gasteiger charge is 1.93. The summed E-state index contributed by atoms with van der Waals surface area (Å²) in [5.74, 6) is 0. The molecule has 0 aliphatic carbocycles. The maximum atomic E-state index is 8.60. The third-order valence-corrected chi connectivity index (χ3v) is 2.98. The minimum atomic E-state index is -1.17. The first-order valence-electron chi connectivity index (χ1n) is 7.47. The van der Waals surface area contributed by atoms with Crippen LogP contribution in [0.3, 0.4) is 0 Å². The van der Waals surface area contributed by atoms with Gasteiger partial charge in [-0.1, -0.05) is 85.5 Å². The lowest BCUT2D eigenvalue weighted by Gasteiger charge is -1.99. The molecular formula is C20H24O2. The van der Waals surface area contributed by atoms with Crippen molar-refractivity contribution in [2.45, 2.75) is 25.6 Å². The van der Waals surface area contributed by atoms with Crippen LogP contribution in [0.4, 0.5) is 0 Å². The van der Waals surface area contributed by atoms with Gasteiger partial charge in [0.15, 0.2) is 6.29 Å². The molecule has 0 bridgehead atoms. The van der Waals surface area contributed by atoms with Gasteiger partial charge < -0.3 is 10.2 Å². The number of allylic oxidation sites excluding steroid dienone is 1. The number of unbranched alkanes of at least 4 members (excludes halogenated alkanes) is 1.